The molecule has 0 amide bonds. The Bertz CT molecular complexity index is 884. The van der Waals surface area contributed by atoms with E-state index in [9.17, 15) is 13.2 Å². The fourth-order valence-corrected chi connectivity index (χ4v) is 3.16. The molecule has 7 heteroatoms. The van der Waals surface area contributed by atoms with Crippen molar-refractivity contribution >= 4 is 16.0 Å². The third-order valence-corrected chi connectivity index (χ3v) is 4.86. The molecule has 25 heavy (non-hydrogen) atoms. The van der Waals surface area contributed by atoms with Crippen molar-refractivity contribution in [1.82, 2.24) is 4.72 Å². The highest BCUT2D eigenvalue weighted by atomic mass is 32.2. The summed E-state index contributed by atoms with van der Waals surface area (Å²) in [6.45, 7) is 2.14. The fraction of sp³-hybridized carbons (Fsp3) is 0.222. The van der Waals surface area contributed by atoms with Crippen LogP contribution in [0, 0.1) is 18.3 Å². The second-order valence-corrected chi connectivity index (χ2v) is 7.16. The van der Waals surface area contributed by atoms with Crippen LogP contribution in [0.3, 0.4) is 0 Å². The lowest BCUT2D eigenvalue weighted by Crippen LogP contribution is -2.24. The number of aryl methyl sites for hydroxylation is 1. The SMILES string of the molecule is Cc1cccc(COC(=O)c2ccc(S(=O)(=O)NCCC#N)cc2)c1. The Morgan fingerprint density at radius 2 is 1.92 bits per heavy atom. The maximum atomic E-state index is 12.1. The van der Waals surface area contributed by atoms with Crippen LogP contribution in [0.25, 0.3) is 0 Å². The van der Waals surface area contributed by atoms with Crippen molar-refractivity contribution in [2.45, 2.75) is 24.8 Å². The van der Waals surface area contributed by atoms with Crippen LogP contribution >= 0.6 is 0 Å². The lowest BCUT2D eigenvalue weighted by atomic mass is 10.1. The number of sulfonamides is 1. The Morgan fingerprint density at radius 1 is 1.20 bits per heavy atom. The summed E-state index contributed by atoms with van der Waals surface area (Å²) in [6.07, 6.45) is 0.0859. The number of nitrogens with zero attached hydrogens (tertiary/aromatic N) is 1. The van der Waals surface area contributed by atoms with Crippen molar-refractivity contribution in [1.29, 1.82) is 5.26 Å². The zero-order chi connectivity index (χ0) is 18.3. The van der Waals surface area contributed by atoms with Gasteiger partial charge in [0.1, 0.15) is 6.61 Å². The average Bonchev–Trinajstić information content (AvgIpc) is 2.60. The summed E-state index contributed by atoms with van der Waals surface area (Å²) < 4.78 is 31.5. The minimum absolute atomic E-state index is 0.0284. The number of nitriles is 1. The largest absolute Gasteiger partial charge is 0.457 e. The van der Waals surface area contributed by atoms with Gasteiger partial charge in [-0.2, -0.15) is 5.26 Å². The molecule has 0 saturated carbocycles. The van der Waals surface area contributed by atoms with Gasteiger partial charge in [0.25, 0.3) is 0 Å². The molecule has 1 N–H and O–H groups in total. The first-order valence-electron chi connectivity index (χ1n) is 7.62. The first-order chi connectivity index (χ1) is 11.9. The molecule has 0 radical (unpaired) electrons. The quantitative estimate of drug-likeness (QED) is 0.606. The number of carbonyl (C=O) groups is 1. The van der Waals surface area contributed by atoms with Gasteiger partial charge in [0.15, 0.2) is 0 Å². The molecule has 0 spiro atoms. The number of hydrogen-bond donors (Lipinski definition) is 1. The van der Waals surface area contributed by atoms with Crippen molar-refractivity contribution in [3.05, 3.63) is 65.2 Å². The van der Waals surface area contributed by atoms with E-state index in [1.54, 1.807) is 0 Å². The number of nitrogens with one attached hydrogen (secondary N) is 1. The van der Waals surface area contributed by atoms with Gasteiger partial charge in [-0.3, -0.25) is 0 Å². The van der Waals surface area contributed by atoms with E-state index < -0.39 is 16.0 Å². The van der Waals surface area contributed by atoms with E-state index in [1.165, 1.54) is 24.3 Å². The summed E-state index contributed by atoms with van der Waals surface area (Å²) in [7, 11) is -3.69. The van der Waals surface area contributed by atoms with Crippen LogP contribution in [-0.2, 0) is 21.4 Å². The monoisotopic (exact) mass is 358 g/mol. The molecular weight excluding hydrogens is 340 g/mol. The number of carbonyl (C=O) groups excluding carboxylic acids is 1. The summed E-state index contributed by atoms with van der Waals surface area (Å²) in [4.78, 5) is 12.1. The van der Waals surface area contributed by atoms with Crippen molar-refractivity contribution in [2.24, 2.45) is 0 Å². The number of hydrogen-bond acceptors (Lipinski definition) is 5. The molecule has 0 aromatic heterocycles. The van der Waals surface area contributed by atoms with E-state index in [2.05, 4.69) is 4.72 Å². The van der Waals surface area contributed by atoms with Gasteiger partial charge in [-0.05, 0) is 36.8 Å². The first-order valence-corrected chi connectivity index (χ1v) is 9.10. The molecule has 2 aromatic carbocycles. The molecule has 0 aliphatic carbocycles. The normalized spacial score (nSPS) is 10.9. The average molecular weight is 358 g/mol. The van der Waals surface area contributed by atoms with Crippen molar-refractivity contribution < 1.29 is 17.9 Å². The second kappa shape index (κ2) is 8.42. The maximum Gasteiger partial charge on any atom is 0.338 e. The molecule has 0 atom stereocenters. The molecule has 0 fully saturated rings. The van der Waals surface area contributed by atoms with Gasteiger partial charge in [-0.1, -0.05) is 29.8 Å². The van der Waals surface area contributed by atoms with Crippen molar-refractivity contribution in [2.75, 3.05) is 6.54 Å². The lowest BCUT2D eigenvalue weighted by molar-refractivity contribution is 0.0472. The third-order valence-electron chi connectivity index (χ3n) is 3.38. The summed E-state index contributed by atoms with van der Waals surface area (Å²) in [5.41, 5.74) is 2.23. The smallest absolute Gasteiger partial charge is 0.338 e. The maximum absolute atomic E-state index is 12.1. The molecule has 2 rings (SSSR count). The Morgan fingerprint density at radius 3 is 2.56 bits per heavy atom. The summed E-state index contributed by atoms with van der Waals surface area (Å²) in [6, 6.07) is 15.0. The molecule has 6 nitrogen and oxygen atoms in total. The lowest BCUT2D eigenvalue weighted by Gasteiger charge is -2.08. The molecular formula is C18H18N2O4S. The van der Waals surface area contributed by atoms with Gasteiger partial charge < -0.3 is 4.74 Å². The molecule has 0 unspecified atom stereocenters. The number of ether oxygens (including phenoxy) is 1. The standard InChI is InChI=1S/C18H18N2O4S/c1-14-4-2-5-15(12-14)13-24-18(21)16-6-8-17(9-7-16)25(22,23)20-11-3-10-19/h2,4-9,12,20H,3,11,13H2,1H3. The predicted molar refractivity (Wildman–Crippen MR) is 92.2 cm³/mol. The molecule has 0 bridgehead atoms. The zero-order valence-corrected chi connectivity index (χ0v) is 14.5. The Hall–Kier alpha value is -2.69. The van der Waals surface area contributed by atoms with E-state index in [-0.39, 0.29) is 30.0 Å². The number of benzene rings is 2. The highest BCUT2D eigenvalue weighted by molar-refractivity contribution is 7.89. The van der Waals surface area contributed by atoms with Crippen LogP contribution in [0.4, 0.5) is 0 Å². The summed E-state index contributed by atoms with van der Waals surface area (Å²) in [5.74, 6) is -0.525. The van der Waals surface area contributed by atoms with Crippen LogP contribution in [-0.4, -0.2) is 20.9 Å². The van der Waals surface area contributed by atoms with Crippen LogP contribution < -0.4 is 4.72 Å². The molecule has 0 saturated heterocycles. The number of rotatable bonds is 7. The van der Waals surface area contributed by atoms with Gasteiger partial charge in [0.2, 0.25) is 10.0 Å². The predicted octanol–water partition coefficient (Wildman–Crippen LogP) is 2.54. The van der Waals surface area contributed by atoms with Crippen LogP contribution in [0.15, 0.2) is 53.4 Å². The Kier molecular flexibility index (Phi) is 6.28. The van der Waals surface area contributed by atoms with Crippen LogP contribution in [0.2, 0.25) is 0 Å². The second-order valence-electron chi connectivity index (χ2n) is 5.40. The molecule has 0 heterocycles. The van der Waals surface area contributed by atoms with E-state index in [1.807, 2.05) is 37.3 Å². The molecule has 130 valence electrons. The van der Waals surface area contributed by atoms with Crippen molar-refractivity contribution in [3.63, 3.8) is 0 Å². The van der Waals surface area contributed by atoms with Crippen LogP contribution in [0.5, 0.6) is 0 Å². The van der Waals surface area contributed by atoms with Gasteiger partial charge >= 0.3 is 5.97 Å². The third kappa shape index (κ3) is 5.41. The summed E-state index contributed by atoms with van der Waals surface area (Å²) >= 11 is 0. The van der Waals surface area contributed by atoms with Crippen LogP contribution in [0.1, 0.15) is 27.9 Å². The first kappa shape index (κ1) is 18.6. The minimum Gasteiger partial charge on any atom is -0.457 e. The van der Waals surface area contributed by atoms with E-state index in [0.717, 1.165) is 11.1 Å². The van der Waals surface area contributed by atoms with Gasteiger partial charge in [0.05, 0.1) is 16.5 Å². The zero-order valence-electron chi connectivity index (χ0n) is 13.7. The Labute approximate surface area is 147 Å². The van der Waals surface area contributed by atoms with Gasteiger partial charge in [0, 0.05) is 13.0 Å². The molecule has 0 aliphatic rings. The molecule has 0 aliphatic heterocycles. The van der Waals surface area contributed by atoms with Crippen molar-refractivity contribution in [3.8, 4) is 6.07 Å². The van der Waals surface area contributed by atoms with E-state index in [0.29, 0.717) is 0 Å². The fourth-order valence-electron chi connectivity index (χ4n) is 2.13. The van der Waals surface area contributed by atoms with Gasteiger partial charge in [-0.25, -0.2) is 17.9 Å². The van der Waals surface area contributed by atoms with E-state index >= 15 is 0 Å². The van der Waals surface area contributed by atoms with E-state index in [4.69, 9.17) is 10.00 Å². The highest BCUT2D eigenvalue weighted by Crippen LogP contribution is 2.13. The summed E-state index contributed by atoms with van der Waals surface area (Å²) in [5, 5.41) is 8.44. The number of esters is 1. The topological polar surface area (TPSA) is 96.3 Å². The molecule has 2 aromatic rings. The minimum atomic E-state index is -3.69. The van der Waals surface area contributed by atoms with Gasteiger partial charge in [-0.15, -0.1) is 0 Å². The highest BCUT2D eigenvalue weighted by Gasteiger charge is 2.15. The Balaban J connectivity index is 1.99.